The van der Waals surface area contributed by atoms with Gasteiger partial charge in [0.2, 0.25) is 0 Å². The van der Waals surface area contributed by atoms with E-state index in [0.717, 1.165) is 42.6 Å². The van der Waals surface area contributed by atoms with Gasteiger partial charge >= 0.3 is 5.97 Å². The molecule has 4 bridgehead atoms. The van der Waals surface area contributed by atoms with Crippen LogP contribution in [0, 0.1) is 17.8 Å². The Morgan fingerprint density at radius 3 is 2.13 bits per heavy atom. The van der Waals surface area contributed by atoms with Crippen LogP contribution in [0.2, 0.25) is 0 Å². The molecule has 0 spiro atoms. The molecule has 1 atom stereocenters. The number of ether oxygens (including phenoxy) is 1. The van der Waals surface area contributed by atoms with Gasteiger partial charge in [0.15, 0.2) is 0 Å². The molecule has 0 heterocycles. The van der Waals surface area contributed by atoms with Crippen molar-refractivity contribution in [2.45, 2.75) is 56.6 Å². The second-order valence-electron chi connectivity index (χ2n) is 7.82. The van der Waals surface area contributed by atoms with Crippen LogP contribution in [0.4, 0.5) is 0 Å². The minimum absolute atomic E-state index is 0. The number of carbonyl (C=O) groups is 1. The molecule has 0 aromatic heterocycles. The summed E-state index contributed by atoms with van der Waals surface area (Å²) in [4.78, 5) is 12.5. The topological polar surface area (TPSA) is 52.3 Å². The maximum Gasteiger partial charge on any atom is 0.323 e. The fourth-order valence-electron chi connectivity index (χ4n) is 5.40. The van der Waals surface area contributed by atoms with E-state index in [9.17, 15) is 4.79 Å². The highest BCUT2D eigenvalue weighted by Crippen LogP contribution is 2.57. The van der Waals surface area contributed by atoms with Gasteiger partial charge in [-0.25, -0.2) is 0 Å². The average Bonchev–Trinajstić information content (AvgIpc) is 2.46. The van der Waals surface area contributed by atoms with Gasteiger partial charge in [0.25, 0.3) is 0 Å². The highest BCUT2D eigenvalue weighted by Gasteiger charge is 2.53. The highest BCUT2D eigenvalue weighted by atomic mass is 35.5. The molecule has 4 saturated carbocycles. The molecule has 4 aliphatic carbocycles. The zero-order chi connectivity index (χ0) is 15.2. The number of hydrogen-bond acceptors (Lipinski definition) is 3. The molecule has 126 valence electrons. The molecule has 0 radical (unpaired) electrons. The first-order valence-corrected chi connectivity index (χ1v) is 8.64. The second kappa shape index (κ2) is 6.45. The van der Waals surface area contributed by atoms with E-state index in [0.29, 0.717) is 6.42 Å². The van der Waals surface area contributed by atoms with Gasteiger partial charge in [-0.05, 0) is 68.3 Å². The van der Waals surface area contributed by atoms with Crippen LogP contribution in [-0.2, 0) is 16.0 Å². The minimum atomic E-state index is -0.546. The van der Waals surface area contributed by atoms with Crippen molar-refractivity contribution >= 4 is 18.4 Å². The van der Waals surface area contributed by atoms with E-state index < -0.39 is 6.04 Å². The summed E-state index contributed by atoms with van der Waals surface area (Å²) < 4.78 is 6.02. The number of carbonyl (C=O) groups excluding carboxylic acids is 1. The Morgan fingerprint density at radius 2 is 1.61 bits per heavy atom. The van der Waals surface area contributed by atoms with Crippen molar-refractivity contribution in [1.29, 1.82) is 0 Å². The van der Waals surface area contributed by atoms with E-state index in [4.69, 9.17) is 10.5 Å². The molecule has 5 rings (SSSR count). The van der Waals surface area contributed by atoms with Crippen molar-refractivity contribution in [2.24, 2.45) is 23.5 Å². The largest absolute Gasteiger partial charge is 0.458 e. The van der Waals surface area contributed by atoms with Gasteiger partial charge in [0.1, 0.15) is 11.6 Å². The summed E-state index contributed by atoms with van der Waals surface area (Å²) in [5.41, 5.74) is 7.02. The molecule has 4 heteroatoms. The molecule has 4 fully saturated rings. The molecular formula is C19H26ClNO2. The molecule has 23 heavy (non-hydrogen) atoms. The quantitative estimate of drug-likeness (QED) is 0.857. The van der Waals surface area contributed by atoms with Crippen molar-refractivity contribution < 1.29 is 9.53 Å². The predicted octanol–water partition coefficient (Wildman–Crippen LogP) is 3.49. The third-order valence-corrected chi connectivity index (χ3v) is 5.90. The number of esters is 1. The zero-order valence-corrected chi connectivity index (χ0v) is 14.3. The Hall–Kier alpha value is -1.06. The van der Waals surface area contributed by atoms with Gasteiger partial charge in [-0.1, -0.05) is 30.3 Å². The number of nitrogens with two attached hydrogens (primary N) is 1. The van der Waals surface area contributed by atoms with Crippen molar-refractivity contribution in [3.63, 3.8) is 0 Å². The summed E-state index contributed by atoms with van der Waals surface area (Å²) >= 11 is 0. The molecule has 4 aliphatic rings. The van der Waals surface area contributed by atoms with Crippen LogP contribution < -0.4 is 5.73 Å². The molecule has 2 N–H and O–H groups in total. The Bertz CT molecular complexity index is 524. The van der Waals surface area contributed by atoms with Gasteiger partial charge in [-0.2, -0.15) is 0 Å². The first kappa shape index (κ1) is 16.8. The lowest BCUT2D eigenvalue weighted by atomic mass is 9.54. The van der Waals surface area contributed by atoms with Crippen molar-refractivity contribution in [1.82, 2.24) is 0 Å². The summed E-state index contributed by atoms with van der Waals surface area (Å²) in [6, 6.07) is 9.41. The van der Waals surface area contributed by atoms with E-state index in [2.05, 4.69) is 0 Å². The first-order valence-electron chi connectivity index (χ1n) is 8.64. The van der Waals surface area contributed by atoms with Gasteiger partial charge < -0.3 is 10.5 Å². The summed E-state index contributed by atoms with van der Waals surface area (Å²) in [6.45, 7) is 0. The smallest absolute Gasteiger partial charge is 0.323 e. The summed E-state index contributed by atoms with van der Waals surface area (Å²) in [5, 5.41) is 0. The van der Waals surface area contributed by atoms with Gasteiger partial charge in [0.05, 0.1) is 0 Å². The van der Waals surface area contributed by atoms with Gasteiger partial charge in [-0.3, -0.25) is 4.79 Å². The number of benzene rings is 1. The third-order valence-electron chi connectivity index (χ3n) is 5.90. The normalized spacial score (nSPS) is 35.4. The predicted molar refractivity (Wildman–Crippen MR) is 92.4 cm³/mol. The van der Waals surface area contributed by atoms with Crippen LogP contribution in [0.3, 0.4) is 0 Å². The molecule has 1 aromatic carbocycles. The van der Waals surface area contributed by atoms with Crippen molar-refractivity contribution in [3.05, 3.63) is 35.9 Å². The van der Waals surface area contributed by atoms with Crippen molar-refractivity contribution in [3.8, 4) is 0 Å². The lowest BCUT2D eigenvalue weighted by molar-refractivity contribution is -0.188. The molecule has 0 saturated heterocycles. The summed E-state index contributed by atoms with van der Waals surface area (Å²) in [7, 11) is 0. The Kier molecular flexibility index (Phi) is 4.70. The van der Waals surface area contributed by atoms with E-state index in [1.807, 2.05) is 30.3 Å². The molecule has 1 aromatic rings. The Labute approximate surface area is 144 Å². The fraction of sp³-hybridized carbons (Fsp3) is 0.632. The Morgan fingerprint density at radius 1 is 1.09 bits per heavy atom. The molecule has 3 nitrogen and oxygen atoms in total. The van der Waals surface area contributed by atoms with E-state index in [-0.39, 0.29) is 24.0 Å². The minimum Gasteiger partial charge on any atom is -0.458 e. The number of halogens is 1. The van der Waals surface area contributed by atoms with Crippen LogP contribution in [0.1, 0.15) is 44.1 Å². The van der Waals surface area contributed by atoms with Gasteiger partial charge in [-0.15, -0.1) is 12.4 Å². The third kappa shape index (κ3) is 3.41. The van der Waals surface area contributed by atoms with E-state index in [1.165, 1.54) is 19.3 Å². The first-order chi connectivity index (χ1) is 10.6. The highest BCUT2D eigenvalue weighted by molar-refractivity contribution is 5.85. The second-order valence-corrected chi connectivity index (χ2v) is 7.82. The monoisotopic (exact) mass is 335 g/mol. The van der Waals surface area contributed by atoms with E-state index >= 15 is 0 Å². The van der Waals surface area contributed by atoms with Crippen LogP contribution in [0.25, 0.3) is 0 Å². The summed E-state index contributed by atoms with van der Waals surface area (Å²) in [6.07, 6.45) is 7.84. The van der Waals surface area contributed by atoms with Gasteiger partial charge in [0, 0.05) is 0 Å². The maximum atomic E-state index is 12.5. The SMILES string of the molecule is Cl.N[C@@H](Cc1ccccc1)C(=O)OC12CC3CC(CC(C3)C1)C2. The number of rotatable bonds is 4. The lowest BCUT2D eigenvalue weighted by Crippen LogP contribution is -2.54. The molecule has 0 unspecified atom stereocenters. The summed E-state index contributed by atoms with van der Waals surface area (Å²) in [5.74, 6) is 2.14. The van der Waals surface area contributed by atoms with E-state index in [1.54, 1.807) is 0 Å². The molecule has 0 aliphatic heterocycles. The lowest BCUT2D eigenvalue weighted by Gasteiger charge is -2.55. The average molecular weight is 336 g/mol. The van der Waals surface area contributed by atoms with Crippen LogP contribution in [-0.4, -0.2) is 17.6 Å². The standard InChI is InChI=1S/C19H25NO2.ClH/c20-17(9-13-4-2-1-3-5-13)18(21)22-19-10-14-6-15(11-19)8-16(7-14)12-19;/h1-5,14-17H,6-12,20H2;1H/t14?,15?,16?,17-,19?;/m0./s1. The fourth-order valence-corrected chi connectivity index (χ4v) is 5.40. The zero-order valence-electron chi connectivity index (χ0n) is 13.4. The molecule has 0 amide bonds. The van der Waals surface area contributed by atoms with Crippen LogP contribution in [0.5, 0.6) is 0 Å². The van der Waals surface area contributed by atoms with Crippen LogP contribution in [0.15, 0.2) is 30.3 Å². The van der Waals surface area contributed by atoms with Crippen LogP contribution >= 0.6 is 12.4 Å². The Balaban J connectivity index is 0.00000156. The number of hydrogen-bond donors (Lipinski definition) is 1. The van der Waals surface area contributed by atoms with Crippen molar-refractivity contribution in [2.75, 3.05) is 0 Å². The molecular weight excluding hydrogens is 310 g/mol. The maximum absolute atomic E-state index is 12.5.